The maximum absolute atomic E-state index is 12.5. The Morgan fingerprint density at radius 1 is 1.08 bits per heavy atom. The van der Waals surface area contributed by atoms with Crippen LogP contribution in [0.3, 0.4) is 0 Å². The van der Waals surface area contributed by atoms with Crippen LogP contribution in [0.5, 0.6) is 11.5 Å². The number of ether oxygens (including phenoxy) is 2. The Morgan fingerprint density at radius 3 is 2.36 bits per heavy atom. The van der Waals surface area contributed by atoms with Gasteiger partial charge in [0.15, 0.2) is 11.5 Å². The minimum atomic E-state index is -0.633. The Bertz CT molecular complexity index is 746. The van der Waals surface area contributed by atoms with Crippen LogP contribution >= 0.6 is 0 Å². The third-order valence-corrected chi connectivity index (χ3v) is 4.44. The molecule has 2 atom stereocenters. The molecule has 4 heteroatoms. The molecule has 1 aliphatic rings. The molecular formula is C21H25NO3. The molecule has 1 N–H and O–H groups in total. The molecule has 1 heterocycles. The average Bonchev–Trinajstić information content (AvgIpc) is 2.60. The highest BCUT2D eigenvalue weighted by atomic mass is 16.6. The van der Waals surface area contributed by atoms with Crippen molar-refractivity contribution in [2.24, 2.45) is 0 Å². The highest BCUT2D eigenvalue weighted by Gasteiger charge is 2.28. The van der Waals surface area contributed by atoms with Gasteiger partial charge in [0.05, 0.1) is 6.04 Å². The van der Waals surface area contributed by atoms with Crippen LogP contribution in [-0.4, -0.2) is 18.6 Å². The maximum atomic E-state index is 12.5. The Hall–Kier alpha value is -2.49. The fourth-order valence-corrected chi connectivity index (χ4v) is 2.81. The number of fused-ring (bicyclic) bond motifs is 1. The first-order chi connectivity index (χ1) is 11.8. The standard InChI is InChI=1S/C21H25NO3/c1-14(15-9-11-16(12-10-15)21(2,3)4)22-20(23)19-13-24-17-7-5-6-8-18(17)25-19/h5-12,14,19H,13H2,1-4H3,(H,22,23). The lowest BCUT2D eigenvalue weighted by Crippen LogP contribution is -2.44. The van der Waals surface area contributed by atoms with Crippen molar-refractivity contribution in [3.63, 3.8) is 0 Å². The summed E-state index contributed by atoms with van der Waals surface area (Å²) in [5, 5.41) is 3.01. The van der Waals surface area contributed by atoms with Crippen LogP contribution in [-0.2, 0) is 10.2 Å². The van der Waals surface area contributed by atoms with Gasteiger partial charge in [0.2, 0.25) is 6.10 Å². The minimum absolute atomic E-state index is 0.0951. The zero-order valence-electron chi connectivity index (χ0n) is 15.2. The SMILES string of the molecule is CC(NC(=O)C1COc2ccccc2O1)c1ccc(C(C)(C)C)cc1. The molecule has 0 spiro atoms. The zero-order valence-corrected chi connectivity index (χ0v) is 15.2. The fraction of sp³-hybridized carbons (Fsp3) is 0.381. The summed E-state index contributed by atoms with van der Waals surface area (Å²) in [7, 11) is 0. The molecule has 0 saturated carbocycles. The van der Waals surface area contributed by atoms with E-state index < -0.39 is 6.10 Å². The fourth-order valence-electron chi connectivity index (χ4n) is 2.81. The number of carbonyl (C=O) groups excluding carboxylic acids is 1. The van der Waals surface area contributed by atoms with Gasteiger partial charge in [-0.05, 0) is 35.6 Å². The van der Waals surface area contributed by atoms with Gasteiger partial charge in [-0.3, -0.25) is 4.79 Å². The molecule has 2 unspecified atom stereocenters. The summed E-state index contributed by atoms with van der Waals surface area (Å²) in [5.41, 5.74) is 2.46. The van der Waals surface area contributed by atoms with Crippen LogP contribution in [0, 0.1) is 0 Å². The van der Waals surface area contributed by atoms with Crippen molar-refractivity contribution in [2.75, 3.05) is 6.61 Å². The summed E-state index contributed by atoms with van der Waals surface area (Å²) in [6.45, 7) is 8.75. The first-order valence-corrected chi connectivity index (χ1v) is 8.64. The van der Waals surface area contributed by atoms with Gasteiger partial charge < -0.3 is 14.8 Å². The van der Waals surface area contributed by atoms with Gasteiger partial charge in [-0.15, -0.1) is 0 Å². The summed E-state index contributed by atoms with van der Waals surface area (Å²) < 4.78 is 11.4. The number of carbonyl (C=O) groups is 1. The molecule has 2 aromatic rings. The third kappa shape index (κ3) is 3.95. The molecule has 0 aromatic heterocycles. The monoisotopic (exact) mass is 339 g/mol. The first kappa shape index (κ1) is 17.3. The summed E-state index contributed by atoms with van der Waals surface area (Å²) in [4.78, 5) is 12.5. The van der Waals surface area contributed by atoms with Gasteiger partial charge in [0.25, 0.3) is 5.91 Å². The number of benzene rings is 2. The zero-order chi connectivity index (χ0) is 18.0. The van der Waals surface area contributed by atoms with Crippen molar-refractivity contribution in [3.8, 4) is 11.5 Å². The molecule has 25 heavy (non-hydrogen) atoms. The van der Waals surface area contributed by atoms with Crippen LogP contribution in [0.4, 0.5) is 0 Å². The van der Waals surface area contributed by atoms with Gasteiger partial charge in [-0.25, -0.2) is 0 Å². The Labute approximate surface area is 149 Å². The lowest BCUT2D eigenvalue weighted by molar-refractivity contribution is -0.131. The van der Waals surface area contributed by atoms with E-state index in [1.807, 2.05) is 31.2 Å². The molecule has 4 nitrogen and oxygen atoms in total. The van der Waals surface area contributed by atoms with Crippen LogP contribution in [0.1, 0.15) is 44.9 Å². The van der Waals surface area contributed by atoms with Crippen molar-refractivity contribution in [2.45, 2.75) is 45.3 Å². The van der Waals surface area contributed by atoms with E-state index in [1.54, 1.807) is 0 Å². The Morgan fingerprint density at radius 2 is 1.72 bits per heavy atom. The van der Waals surface area contributed by atoms with E-state index in [-0.39, 0.29) is 24.0 Å². The van der Waals surface area contributed by atoms with E-state index >= 15 is 0 Å². The molecule has 2 aromatic carbocycles. The molecule has 0 aliphatic carbocycles. The van der Waals surface area contributed by atoms with Crippen molar-refractivity contribution in [3.05, 3.63) is 59.7 Å². The molecule has 1 amide bonds. The van der Waals surface area contributed by atoms with E-state index in [4.69, 9.17) is 9.47 Å². The summed E-state index contributed by atoms with van der Waals surface area (Å²) >= 11 is 0. The Kier molecular flexibility index (Phi) is 4.71. The van der Waals surface area contributed by atoms with Gasteiger partial charge in [-0.1, -0.05) is 57.2 Å². The number of amides is 1. The molecule has 0 radical (unpaired) electrons. The Balaban J connectivity index is 1.63. The molecule has 0 bridgehead atoms. The number of rotatable bonds is 3. The van der Waals surface area contributed by atoms with Gasteiger partial charge >= 0.3 is 0 Å². The van der Waals surface area contributed by atoms with Crippen LogP contribution < -0.4 is 14.8 Å². The summed E-state index contributed by atoms with van der Waals surface area (Å²) in [5.74, 6) is 1.12. The first-order valence-electron chi connectivity index (χ1n) is 8.64. The van der Waals surface area contributed by atoms with Gasteiger partial charge in [-0.2, -0.15) is 0 Å². The van der Waals surface area contributed by atoms with Crippen molar-refractivity contribution in [1.82, 2.24) is 5.32 Å². The highest BCUT2D eigenvalue weighted by Crippen LogP contribution is 2.31. The molecule has 132 valence electrons. The highest BCUT2D eigenvalue weighted by molar-refractivity contribution is 5.82. The average molecular weight is 339 g/mol. The minimum Gasteiger partial charge on any atom is -0.485 e. The van der Waals surface area contributed by atoms with Gasteiger partial charge in [0.1, 0.15) is 6.61 Å². The normalized spacial score (nSPS) is 17.7. The van der Waals surface area contributed by atoms with Crippen LogP contribution in [0.25, 0.3) is 0 Å². The molecule has 0 fully saturated rings. The smallest absolute Gasteiger partial charge is 0.265 e. The lowest BCUT2D eigenvalue weighted by atomic mass is 9.86. The van der Waals surface area contributed by atoms with Gasteiger partial charge in [0, 0.05) is 0 Å². The predicted molar refractivity (Wildman–Crippen MR) is 98.1 cm³/mol. The van der Waals surface area contributed by atoms with E-state index in [9.17, 15) is 4.79 Å². The van der Waals surface area contributed by atoms with Crippen molar-refractivity contribution in [1.29, 1.82) is 0 Å². The van der Waals surface area contributed by atoms with Crippen molar-refractivity contribution >= 4 is 5.91 Å². The predicted octanol–water partition coefficient (Wildman–Crippen LogP) is 4.00. The molecule has 1 aliphatic heterocycles. The largest absolute Gasteiger partial charge is 0.485 e. The van der Waals surface area contributed by atoms with Crippen LogP contribution in [0.15, 0.2) is 48.5 Å². The topological polar surface area (TPSA) is 47.6 Å². The second kappa shape index (κ2) is 6.79. The van der Waals surface area contributed by atoms with E-state index in [0.29, 0.717) is 11.5 Å². The second-order valence-corrected chi connectivity index (χ2v) is 7.47. The molecule has 0 saturated heterocycles. The third-order valence-electron chi connectivity index (χ3n) is 4.44. The summed E-state index contributed by atoms with van der Waals surface area (Å²) in [6.07, 6.45) is -0.633. The number of hydrogen-bond acceptors (Lipinski definition) is 3. The van der Waals surface area contributed by atoms with Crippen LogP contribution in [0.2, 0.25) is 0 Å². The molecular weight excluding hydrogens is 314 g/mol. The van der Waals surface area contributed by atoms with E-state index in [0.717, 1.165) is 5.56 Å². The molecule has 3 rings (SSSR count). The second-order valence-electron chi connectivity index (χ2n) is 7.47. The van der Waals surface area contributed by atoms with E-state index in [2.05, 4.69) is 50.4 Å². The quantitative estimate of drug-likeness (QED) is 0.919. The maximum Gasteiger partial charge on any atom is 0.265 e. The number of para-hydroxylation sites is 2. The van der Waals surface area contributed by atoms with Crippen molar-refractivity contribution < 1.29 is 14.3 Å². The number of hydrogen-bond donors (Lipinski definition) is 1. The number of nitrogens with one attached hydrogen (secondary N) is 1. The summed E-state index contributed by atoms with van der Waals surface area (Å²) in [6, 6.07) is 15.7. The lowest BCUT2D eigenvalue weighted by Gasteiger charge is -2.27. The van der Waals surface area contributed by atoms with E-state index in [1.165, 1.54) is 5.56 Å².